The molecule has 7 heteroatoms. The standard InChI is InChI=1S/C22H18FN3O3/c23-17-6-8-19(9-7-17)29-20-5-1-3-16(13-20)22(28)25-11-12-26(21(27)15-25)18-4-2-10-24-14-18/h1-10,13-14H,11-12,15H2. The number of amides is 2. The third-order valence-electron chi connectivity index (χ3n) is 4.60. The summed E-state index contributed by atoms with van der Waals surface area (Å²) in [6, 6.07) is 15.9. The van der Waals surface area contributed by atoms with E-state index in [1.807, 2.05) is 6.07 Å². The lowest BCUT2D eigenvalue weighted by Gasteiger charge is -2.34. The van der Waals surface area contributed by atoms with Crippen molar-refractivity contribution in [1.29, 1.82) is 0 Å². The molecule has 6 nitrogen and oxygen atoms in total. The van der Waals surface area contributed by atoms with E-state index in [4.69, 9.17) is 4.74 Å². The molecule has 4 rings (SSSR count). The van der Waals surface area contributed by atoms with Gasteiger partial charge in [0.25, 0.3) is 5.91 Å². The predicted octanol–water partition coefficient (Wildman–Crippen LogP) is 3.50. The Balaban J connectivity index is 1.45. The second-order valence-electron chi connectivity index (χ2n) is 6.57. The Hall–Kier alpha value is -3.74. The van der Waals surface area contributed by atoms with E-state index in [9.17, 15) is 14.0 Å². The van der Waals surface area contributed by atoms with Gasteiger partial charge in [0.15, 0.2) is 0 Å². The summed E-state index contributed by atoms with van der Waals surface area (Å²) in [6.45, 7) is 0.821. The van der Waals surface area contributed by atoms with Crippen LogP contribution in [0.25, 0.3) is 0 Å². The van der Waals surface area contributed by atoms with Crippen LogP contribution in [0, 0.1) is 5.82 Å². The molecule has 0 radical (unpaired) electrons. The number of benzene rings is 2. The minimum atomic E-state index is -0.351. The van der Waals surface area contributed by atoms with E-state index in [2.05, 4.69) is 4.98 Å². The molecule has 1 aliphatic heterocycles. The second kappa shape index (κ2) is 8.10. The Morgan fingerprint density at radius 3 is 2.55 bits per heavy atom. The van der Waals surface area contributed by atoms with E-state index < -0.39 is 0 Å². The van der Waals surface area contributed by atoms with Gasteiger partial charge in [0.2, 0.25) is 5.91 Å². The molecule has 0 spiro atoms. The zero-order valence-corrected chi connectivity index (χ0v) is 15.5. The van der Waals surface area contributed by atoms with Crippen molar-refractivity contribution in [3.8, 4) is 11.5 Å². The van der Waals surface area contributed by atoms with Crippen LogP contribution in [0.3, 0.4) is 0 Å². The van der Waals surface area contributed by atoms with Gasteiger partial charge in [-0.25, -0.2) is 4.39 Å². The van der Waals surface area contributed by atoms with E-state index in [-0.39, 0.29) is 24.2 Å². The number of ether oxygens (including phenoxy) is 1. The third-order valence-corrected chi connectivity index (χ3v) is 4.60. The van der Waals surface area contributed by atoms with Crippen molar-refractivity contribution >= 4 is 17.5 Å². The van der Waals surface area contributed by atoms with E-state index in [1.165, 1.54) is 29.2 Å². The third kappa shape index (κ3) is 4.24. The van der Waals surface area contributed by atoms with E-state index in [0.29, 0.717) is 30.2 Å². The number of piperazine rings is 1. The number of nitrogens with zero attached hydrogens (tertiary/aromatic N) is 3. The number of pyridine rings is 1. The summed E-state index contributed by atoms with van der Waals surface area (Å²) < 4.78 is 18.7. The molecule has 29 heavy (non-hydrogen) atoms. The van der Waals surface area contributed by atoms with Gasteiger partial charge >= 0.3 is 0 Å². The summed E-state index contributed by atoms with van der Waals surface area (Å²) >= 11 is 0. The minimum Gasteiger partial charge on any atom is -0.457 e. The summed E-state index contributed by atoms with van der Waals surface area (Å²) in [5, 5.41) is 0. The van der Waals surface area contributed by atoms with Crippen molar-refractivity contribution in [3.05, 3.63) is 84.4 Å². The largest absolute Gasteiger partial charge is 0.457 e. The monoisotopic (exact) mass is 391 g/mol. The Bertz CT molecular complexity index is 1020. The van der Waals surface area contributed by atoms with Crippen LogP contribution in [0.1, 0.15) is 10.4 Å². The number of hydrogen-bond donors (Lipinski definition) is 0. The van der Waals surface area contributed by atoms with Gasteiger partial charge in [-0.05, 0) is 54.6 Å². The number of rotatable bonds is 4. The molecule has 1 saturated heterocycles. The summed E-state index contributed by atoms with van der Waals surface area (Å²) in [5.41, 5.74) is 1.14. The number of aromatic nitrogens is 1. The van der Waals surface area contributed by atoms with E-state index in [1.54, 1.807) is 47.6 Å². The summed E-state index contributed by atoms with van der Waals surface area (Å²) in [6.07, 6.45) is 3.28. The van der Waals surface area contributed by atoms with Crippen LogP contribution in [0.5, 0.6) is 11.5 Å². The average molecular weight is 391 g/mol. The Kier molecular flexibility index (Phi) is 5.20. The van der Waals surface area contributed by atoms with Gasteiger partial charge in [-0.3, -0.25) is 14.6 Å². The first-order valence-corrected chi connectivity index (χ1v) is 9.13. The molecule has 0 bridgehead atoms. The number of carbonyl (C=O) groups excluding carboxylic acids is 2. The average Bonchev–Trinajstić information content (AvgIpc) is 2.75. The smallest absolute Gasteiger partial charge is 0.254 e. The van der Waals surface area contributed by atoms with Crippen LogP contribution in [-0.4, -0.2) is 41.3 Å². The SMILES string of the molecule is O=C(c1cccc(Oc2ccc(F)cc2)c1)N1CCN(c2cccnc2)C(=O)C1. The van der Waals surface area contributed by atoms with Gasteiger partial charge in [-0.1, -0.05) is 6.07 Å². The van der Waals surface area contributed by atoms with Crippen molar-refractivity contribution in [1.82, 2.24) is 9.88 Å². The van der Waals surface area contributed by atoms with Gasteiger partial charge in [0, 0.05) is 24.8 Å². The lowest BCUT2D eigenvalue weighted by Crippen LogP contribution is -2.52. The molecule has 1 aromatic heterocycles. The molecular weight excluding hydrogens is 373 g/mol. The molecule has 1 aliphatic rings. The maximum Gasteiger partial charge on any atom is 0.254 e. The van der Waals surface area contributed by atoms with E-state index >= 15 is 0 Å². The molecule has 0 atom stereocenters. The van der Waals surface area contributed by atoms with Gasteiger partial charge in [-0.15, -0.1) is 0 Å². The Labute approximate surface area is 167 Å². The highest BCUT2D eigenvalue weighted by Crippen LogP contribution is 2.24. The number of hydrogen-bond acceptors (Lipinski definition) is 4. The maximum atomic E-state index is 13.0. The maximum absolute atomic E-state index is 13.0. The fraction of sp³-hybridized carbons (Fsp3) is 0.136. The Morgan fingerprint density at radius 1 is 1.00 bits per heavy atom. The number of halogens is 1. The highest BCUT2D eigenvalue weighted by atomic mass is 19.1. The van der Waals surface area contributed by atoms with Crippen LogP contribution in [0.4, 0.5) is 10.1 Å². The summed E-state index contributed by atoms with van der Waals surface area (Å²) in [4.78, 5) is 32.6. The molecule has 2 amide bonds. The first-order valence-electron chi connectivity index (χ1n) is 9.13. The quantitative estimate of drug-likeness (QED) is 0.683. The first kappa shape index (κ1) is 18.6. The second-order valence-corrected chi connectivity index (χ2v) is 6.57. The van der Waals surface area contributed by atoms with Crippen molar-refractivity contribution in [2.75, 3.05) is 24.5 Å². The molecule has 3 aromatic rings. The fourth-order valence-electron chi connectivity index (χ4n) is 3.15. The highest BCUT2D eigenvalue weighted by Gasteiger charge is 2.28. The first-order chi connectivity index (χ1) is 14.1. The van der Waals surface area contributed by atoms with Crippen LogP contribution in [-0.2, 0) is 4.79 Å². The van der Waals surface area contributed by atoms with Crippen LogP contribution in [0.2, 0.25) is 0 Å². The zero-order chi connectivity index (χ0) is 20.2. The molecule has 0 saturated carbocycles. The molecule has 0 N–H and O–H groups in total. The zero-order valence-electron chi connectivity index (χ0n) is 15.5. The molecular formula is C22H18FN3O3. The van der Waals surface area contributed by atoms with Gasteiger partial charge < -0.3 is 14.5 Å². The normalized spacial score (nSPS) is 14.0. The lowest BCUT2D eigenvalue weighted by atomic mass is 10.1. The van der Waals surface area contributed by atoms with Crippen molar-refractivity contribution < 1.29 is 18.7 Å². The minimum absolute atomic E-state index is 0.00320. The van der Waals surface area contributed by atoms with Crippen molar-refractivity contribution in [2.24, 2.45) is 0 Å². The van der Waals surface area contributed by atoms with Crippen LogP contribution < -0.4 is 9.64 Å². The van der Waals surface area contributed by atoms with Gasteiger partial charge in [0.1, 0.15) is 23.9 Å². The molecule has 0 unspecified atom stereocenters. The van der Waals surface area contributed by atoms with Gasteiger partial charge in [0.05, 0.1) is 11.9 Å². The van der Waals surface area contributed by atoms with E-state index in [0.717, 1.165) is 5.69 Å². The molecule has 2 heterocycles. The van der Waals surface area contributed by atoms with Crippen LogP contribution in [0.15, 0.2) is 73.1 Å². The number of anilines is 1. The Morgan fingerprint density at radius 2 is 1.83 bits per heavy atom. The summed E-state index contributed by atoms with van der Waals surface area (Å²) in [7, 11) is 0. The molecule has 0 aliphatic carbocycles. The number of carbonyl (C=O) groups is 2. The van der Waals surface area contributed by atoms with Crippen molar-refractivity contribution in [3.63, 3.8) is 0 Å². The van der Waals surface area contributed by atoms with Crippen LogP contribution >= 0.6 is 0 Å². The molecule has 146 valence electrons. The lowest BCUT2D eigenvalue weighted by molar-refractivity contribution is -0.120. The molecule has 1 fully saturated rings. The highest BCUT2D eigenvalue weighted by molar-refractivity contribution is 6.01. The predicted molar refractivity (Wildman–Crippen MR) is 105 cm³/mol. The van der Waals surface area contributed by atoms with Crippen molar-refractivity contribution in [2.45, 2.75) is 0 Å². The summed E-state index contributed by atoms with van der Waals surface area (Å²) in [5.74, 6) is 0.181. The fourth-order valence-corrected chi connectivity index (χ4v) is 3.15. The topological polar surface area (TPSA) is 62.7 Å². The van der Waals surface area contributed by atoms with Gasteiger partial charge in [-0.2, -0.15) is 0 Å². The molecule has 2 aromatic carbocycles.